The number of amides is 1. The monoisotopic (exact) mass is 411 g/mol. The summed E-state index contributed by atoms with van der Waals surface area (Å²) in [6, 6.07) is 1.47. The highest BCUT2D eigenvalue weighted by Gasteiger charge is 2.31. The number of likely N-dealkylation sites (tertiary alicyclic amines) is 1. The van der Waals surface area contributed by atoms with Crippen LogP contribution in [0.2, 0.25) is 0 Å². The van der Waals surface area contributed by atoms with Gasteiger partial charge in [-0.05, 0) is 30.4 Å². The fourth-order valence-electron chi connectivity index (χ4n) is 3.30. The van der Waals surface area contributed by atoms with Crippen molar-refractivity contribution >= 4 is 22.1 Å². The van der Waals surface area contributed by atoms with Gasteiger partial charge in [-0.15, -0.1) is 0 Å². The maximum absolute atomic E-state index is 12.4. The van der Waals surface area contributed by atoms with Crippen LogP contribution in [0.15, 0.2) is 24.7 Å². The van der Waals surface area contributed by atoms with Crippen molar-refractivity contribution in [3.8, 4) is 0 Å². The van der Waals surface area contributed by atoms with Gasteiger partial charge in [0.05, 0.1) is 11.8 Å². The maximum Gasteiger partial charge on any atom is 0.353 e. The summed E-state index contributed by atoms with van der Waals surface area (Å²) >= 11 is 0. The summed E-state index contributed by atoms with van der Waals surface area (Å²) in [7, 11) is -2.46. The first kappa shape index (κ1) is 21.6. The first-order chi connectivity index (χ1) is 13.2. The molecule has 2 aromatic rings. The molecule has 1 amide bonds. The Hall–Kier alpha value is -2.66. The summed E-state index contributed by atoms with van der Waals surface area (Å²) in [4.78, 5) is 25.7. The average Bonchev–Trinajstić information content (AvgIpc) is 3.29. The normalized spacial score (nSPS) is 15.1. The van der Waals surface area contributed by atoms with Crippen molar-refractivity contribution in [2.45, 2.75) is 32.6 Å². The topological polar surface area (TPSA) is 141 Å². The molecule has 1 aliphatic heterocycles. The Labute approximate surface area is 163 Å². The first-order valence-corrected chi connectivity index (χ1v) is 10.4. The van der Waals surface area contributed by atoms with E-state index in [0.29, 0.717) is 41.0 Å². The second-order valence-corrected chi connectivity index (χ2v) is 7.66. The summed E-state index contributed by atoms with van der Waals surface area (Å²) in [6.07, 6.45) is 5.36. The molecule has 0 aromatic carbocycles. The van der Waals surface area contributed by atoms with Crippen LogP contribution in [0.5, 0.6) is 0 Å². The lowest BCUT2D eigenvalue weighted by atomic mass is 9.89. The number of carbonyl (C=O) groups excluding carboxylic acids is 1. The van der Waals surface area contributed by atoms with E-state index in [1.807, 2.05) is 13.8 Å². The number of aromatic carboxylic acids is 1. The number of carboxylic acids is 1. The van der Waals surface area contributed by atoms with Crippen molar-refractivity contribution in [2.24, 2.45) is 12.2 Å². The Kier molecular flexibility index (Phi) is 6.62. The number of nitrogens with two attached hydrogens (primary N) is 1. The Morgan fingerprint density at radius 2 is 1.86 bits per heavy atom. The van der Waals surface area contributed by atoms with Gasteiger partial charge in [0.2, 0.25) is 0 Å². The summed E-state index contributed by atoms with van der Waals surface area (Å²) < 4.78 is 25.3. The van der Waals surface area contributed by atoms with Crippen LogP contribution >= 0.6 is 0 Å². The molecule has 3 rings (SSSR count). The zero-order chi connectivity index (χ0) is 21.1. The molecule has 154 valence electrons. The predicted octanol–water partition coefficient (Wildman–Crippen LogP) is 1.02. The van der Waals surface area contributed by atoms with Gasteiger partial charge < -0.3 is 10.0 Å². The van der Waals surface area contributed by atoms with E-state index in [0.717, 1.165) is 6.20 Å². The first-order valence-electron chi connectivity index (χ1n) is 8.94. The molecule has 28 heavy (non-hydrogen) atoms. The molecule has 11 heteroatoms. The van der Waals surface area contributed by atoms with E-state index in [2.05, 4.69) is 5.10 Å². The summed E-state index contributed by atoms with van der Waals surface area (Å²) in [5.74, 6) is -1.65. The fourth-order valence-corrected chi connectivity index (χ4v) is 3.96. The van der Waals surface area contributed by atoms with Crippen molar-refractivity contribution in [1.82, 2.24) is 18.7 Å². The lowest BCUT2D eigenvalue weighted by Gasteiger charge is -2.32. The van der Waals surface area contributed by atoms with Crippen LogP contribution in [0.1, 0.15) is 59.0 Å². The number of hydrogen-bond donors (Lipinski definition) is 2. The quantitative estimate of drug-likeness (QED) is 0.769. The summed E-state index contributed by atoms with van der Waals surface area (Å²) in [5, 5.41) is 18.5. The number of rotatable bonds is 4. The number of nitrogens with zero attached hydrogens (tertiary/aromatic N) is 4. The van der Waals surface area contributed by atoms with Crippen molar-refractivity contribution in [1.29, 1.82) is 0 Å². The molecule has 0 aliphatic carbocycles. The van der Waals surface area contributed by atoms with E-state index < -0.39 is 16.2 Å². The van der Waals surface area contributed by atoms with Gasteiger partial charge in [-0.2, -0.15) is 13.5 Å². The Balaban J connectivity index is 0.00000136. The van der Waals surface area contributed by atoms with Crippen molar-refractivity contribution in [2.75, 3.05) is 13.1 Å². The number of carboxylic acid groups (broad SMARTS) is 1. The van der Waals surface area contributed by atoms with E-state index in [9.17, 15) is 23.1 Å². The molecule has 10 nitrogen and oxygen atoms in total. The van der Waals surface area contributed by atoms with Crippen molar-refractivity contribution in [3.63, 3.8) is 0 Å². The third-order valence-electron chi connectivity index (χ3n) is 4.53. The van der Waals surface area contributed by atoms with Gasteiger partial charge in [0.25, 0.3) is 5.91 Å². The van der Waals surface area contributed by atoms with Gasteiger partial charge in [0.15, 0.2) is 0 Å². The Bertz CT molecular complexity index is 954. The fraction of sp³-hybridized carbons (Fsp3) is 0.471. The zero-order valence-electron chi connectivity index (χ0n) is 16.1. The number of piperidine rings is 1. The minimum absolute atomic E-state index is 0.128. The molecule has 2 aromatic heterocycles. The van der Waals surface area contributed by atoms with Gasteiger partial charge in [-0.3, -0.25) is 9.48 Å². The third-order valence-corrected chi connectivity index (χ3v) is 5.39. The molecule has 0 bridgehead atoms. The van der Waals surface area contributed by atoms with Crippen molar-refractivity contribution < 1.29 is 23.1 Å². The number of carbonyl (C=O) groups is 2. The second-order valence-electron chi connectivity index (χ2n) is 6.23. The third kappa shape index (κ3) is 4.42. The predicted molar refractivity (Wildman–Crippen MR) is 102 cm³/mol. The van der Waals surface area contributed by atoms with Gasteiger partial charge in [-0.1, -0.05) is 13.8 Å². The molecule has 0 spiro atoms. The Morgan fingerprint density at radius 3 is 2.32 bits per heavy atom. The number of hydrogen-bond acceptors (Lipinski definition) is 5. The minimum atomic E-state index is -4.19. The van der Waals surface area contributed by atoms with Gasteiger partial charge in [0, 0.05) is 32.5 Å². The van der Waals surface area contributed by atoms with E-state index in [4.69, 9.17) is 5.14 Å². The van der Waals surface area contributed by atoms with E-state index >= 15 is 0 Å². The van der Waals surface area contributed by atoms with Crippen LogP contribution in [-0.4, -0.2) is 57.1 Å². The van der Waals surface area contributed by atoms with Gasteiger partial charge in [-0.25, -0.2) is 13.9 Å². The standard InChI is InChI=1S/C15H19N5O5S.C2H6/c1-18-9-11(8-17-18)14(21)19-5-2-10(3-6-19)12-4-7-20(26(16,24)25)13(12)15(22)23;1-2/h4,7-10H,2-3,5-6H2,1H3,(H,22,23)(H2,16,24,25);1-2H3. The molecule has 3 heterocycles. The van der Waals surface area contributed by atoms with Crippen LogP contribution < -0.4 is 5.14 Å². The van der Waals surface area contributed by atoms with E-state index in [-0.39, 0.29) is 17.5 Å². The van der Waals surface area contributed by atoms with Crippen LogP contribution in [0.3, 0.4) is 0 Å². The smallest absolute Gasteiger partial charge is 0.353 e. The van der Waals surface area contributed by atoms with E-state index in [1.165, 1.54) is 12.3 Å². The molecule has 0 unspecified atom stereocenters. The van der Waals surface area contributed by atoms with Gasteiger partial charge in [0.1, 0.15) is 5.69 Å². The lowest BCUT2D eigenvalue weighted by molar-refractivity contribution is 0.0674. The maximum atomic E-state index is 12.4. The van der Waals surface area contributed by atoms with Crippen molar-refractivity contribution in [3.05, 3.63) is 41.5 Å². The molecule has 0 saturated carbocycles. The molecule has 1 fully saturated rings. The SMILES string of the molecule is CC.Cn1cc(C(=O)N2CCC(c3ccn(S(N)(=O)=O)c3C(=O)O)CC2)cn1. The second kappa shape index (κ2) is 8.57. The summed E-state index contributed by atoms with van der Waals surface area (Å²) in [5.41, 5.74) is 0.571. The molecule has 3 N–H and O–H groups in total. The highest BCUT2D eigenvalue weighted by atomic mass is 32.2. The molecular weight excluding hydrogens is 386 g/mol. The molecule has 1 saturated heterocycles. The number of aromatic nitrogens is 3. The highest BCUT2D eigenvalue weighted by Crippen LogP contribution is 2.32. The molecular formula is C17H25N5O5S. The Morgan fingerprint density at radius 1 is 1.25 bits per heavy atom. The lowest BCUT2D eigenvalue weighted by Crippen LogP contribution is -2.38. The molecule has 0 atom stereocenters. The minimum Gasteiger partial charge on any atom is -0.477 e. The molecule has 1 aliphatic rings. The zero-order valence-corrected chi connectivity index (χ0v) is 16.9. The largest absolute Gasteiger partial charge is 0.477 e. The summed E-state index contributed by atoms with van der Waals surface area (Å²) in [6.45, 7) is 4.88. The van der Waals surface area contributed by atoms with Crippen LogP contribution in [0, 0.1) is 0 Å². The van der Waals surface area contributed by atoms with Gasteiger partial charge >= 0.3 is 16.2 Å². The van der Waals surface area contributed by atoms with Crippen LogP contribution in [0.4, 0.5) is 0 Å². The highest BCUT2D eigenvalue weighted by molar-refractivity contribution is 7.87. The van der Waals surface area contributed by atoms with E-state index in [1.54, 1.807) is 22.8 Å². The van der Waals surface area contributed by atoms with Crippen LogP contribution in [0.25, 0.3) is 0 Å². The molecule has 0 radical (unpaired) electrons. The average molecular weight is 411 g/mol. The van der Waals surface area contributed by atoms with Crippen LogP contribution in [-0.2, 0) is 17.3 Å². The number of aryl methyl sites for hydroxylation is 1.